The summed E-state index contributed by atoms with van der Waals surface area (Å²) in [6.07, 6.45) is 1.96. The quantitative estimate of drug-likeness (QED) is 0.527. The number of hydrogen-bond acceptors (Lipinski definition) is 5. The topological polar surface area (TPSA) is 54.0 Å². The van der Waals surface area contributed by atoms with Crippen LogP contribution in [-0.2, 0) is 22.8 Å². The van der Waals surface area contributed by atoms with E-state index in [4.69, 9.17) is 24.9 Å². The van der Waals surface area contributed by atoms with Crippen molar-refractivity contribution in [1.29, 1.82) is 0 Å². The molecule has 0 N–H and O–H groups in total. The van der Waals surface area contributed by atoms with Gasteiger partial charge in [0.15, 0.2) is 0 Å². The minimum atomic E-state index is -2.85. The van der Waals surface area contributed by atoms with Gasteiger partial charge in [-0.15, -0.1) is 0 Å². The monoisotopic (exact) mass is 245 g/mol. The van der Waals surface area contributed by atoms with E-state index in [0.29, 0.717) is 13.0 Å². The van der Waals surface area contributed by atoms with Gasteiger partial charge < -0.3 is 18.0 Å². The van der Waals surface area contributed by atoms with Crippen LogP contribution in [-0.4, -0.2) is 42.7 Å². The smallest absolute Gasteiger partial charge is 0.465 e. The van der Waals surface area contributed by atoms with E-state index in [-0.39, 0.29) is 11.5 Å². The van der Waals surface area contributed by atoms with Crippen molar-refractivity contribution >= 4 is 14.8 Å². The number of carbonyl (C=O) groups is 1. The van der Waals surface area contributed by atoms with Gasteiger partial charge in [-0.25, -0.2) is 0 Å². The highest BCUT2D eigenvalue weighted by atomic mass is 28.4. The van der Waals surface area contributed by atoms with Gasteiger partial charge in [0.25, 0.3) is 0 Å². The SMILES string of the molecule is [CH][CH]C1C(=O)OCCC1[Si](OC)(OC)OC. The van der Waals surface area contributed by atoms with E-state index >= 15 is 0 Å². The molecule has 1 aliphatic rings. The normalized spacial score (nSPS) is 26.6. The number of rotatable bonds is 5. The summed E-state index contributed by atoms with van der Waals surface area (Å²) in [6.45, 7) is 5.82. The van der Waals surface area contributed by atoms with Gasteiger partial charge >= 0.3 is 14.8 Å². The Morgan fingerprint density at radius 2 is 1.94 bits per heavy atom. The first-order valence-electron chi connectivity index (χ1n) is 5.02. The summed E-state index contributed by atoms with van der Waals surface area (Å²) in [5.41, 5.74) is -0.182. The molecule has 16 heavy (non-hydrogen) atoms. The van der Waals surface area contributed by atoms with E-state index in [1.807, 2.05) is 0 Å². The molecule has 0 aromatic carbocycles. The molecule has 0 bridgehead atoms. The standard InChI is InChI=1S/C10H17O5Si/c1-5-8-9(6-7-15-10(8)11)16(12-2,13-3)14-4/h1,5,8-9H,6-7H2,2-4H3. The minimum absolute atomic E-state index is 0.182. The number of ether oxygens (including phenoxy) is 1. The average Bonchev–Trinajstić information content (AvgIpc) is 2.32. The maximum atomic E-state index is 11.6. The van der Waals surface area contributed by atoms with Crippen molar-refractivity contribution in [3.05, 3.63) is 13.3 Å². The van der Waals surface area contributed by atoms with Gasteiger partial charge in [0, 0.05) is 26.9 Å². The lowest BCUT2D eigenvalue weighted by Gasteiger charge is -2.38. The highest BCUT2D eigenvalue weighted by molar-refractivity contribution is 6.62. The van der Waals surface area contributed by atoms with Crippen LogP contribution in [0.25, 0.3) is 0 Å². The Morgan fingerprint density at radius 1 is 1.38 bits per heavy atom. The maximum Gasteiger partial charge on any atom is 0.504 e. The molecular weight excluding hydrogens is 228 g/mol. The van der Waals surface area contributed by atoms with Crippen molar-refractivity contribution in [2.75, 3.05) is 27.9 Å². The molecule has 0 saturated carbocycles. The predicted molar refractivity (Wildman–Crippen MR) is 58.2 cm³/mol. The molecule has 2 atom stereocenters. The Balaban J connectivity index is 2.93. The van der Waals surface area contributed by atoms with E-state index in [2.05, 4.69) is 0 Å². The maximum absolute atomic E-state index is 11.6. The zero-order valence-corrected chi connectivity index (χ0v) is 10.8. The number of cyclic esters (lactones) is 1. The fourth-order valence-electron chi connectivity index (χ4n) is 2.04. The highest BCUT2D eigenvalue weighted by Crippen LogP contribution is 2.39. The summed E-state index contributed by atoms with van der Waals surface area (Å²) in [5, 5.41) is 0. The number of hydrogen-bond donors (Lipinski definition) is 0. The van der Waals surface area contributed by atoms with Crippen molar-refractivity contribution < 1.29 is 22.8 Å². The molecule has 2 unspecified atom stereocenters. The third-order valence-corrected chi connectivity index (χ3v) is 6.16. The summed E-state index contributed by atoms with van der Waals surface area (Å²) >= 11 is 0. The van der Waals surface area contributed by atoms with Gasteiger partial charge in [-0.2, -0.15) is 0 Å². The van der Waals surface area contributed by atoms with Crippen molar-refractivity contribution in [3.63, 3.8) is 0 Å². The lowest BCUT2D eigenvalue weighted by Crippen LogP contribution is -2.53. The number of carbonyl (C=O) groups excluding carboxylic acids is 1. The second-order valence-corrected chi connectivity index (χ2v) is 6.67. The van der Waals surface area contributed by atoms with E-state index in [1.165, 1.54) is 27.8 Å². The summed E-state index contributed by atoms with van der Waals surface area (Å²) in [4.78, 5) is 11.6. The first kappa shape index (κ1) is 13.6. The molecule has 0 spiro atoms. The number of esters is 1. The fourth-order valence-corrected chi connectivity index (χ4v) is 4.61. The molecule has 1 rings (SSSR count). The van der Waals surface area contributed by atoms with Crippen LogP contribution in [0.15, 0.2) is 0 Å². The first-order valence-corrected chi connectivity index (χ1v) is 6.82. The highest BCUT2D eigenvalue weighted by Gasteiger charge is 2.54. The van der Waals surface area contributed by atoms with Gasteiger partial charge in [0.1, 0.15) is 0 Å². The Hall–Kier alpha value is -0.433. The van der Waals surface area contributed by atoms with Gasteiger partial charge in [-0.05, 0) is 19.8 Å². The second kappa shape index (κ2) is 5.76. The van der Waals surface area contributed by atoms with E-state index < -0.39 is 14.7 Å². The first-order chi connectivity index (χ1) is 7.65. The average molecular weight is 245 g/mol. The van der Waals surface area contributed by atoms with Crippen LogP contribution in [0.3, 0.4) is 0 Å². The molecule has 0 aromatic rings. The Labute approximate surface area is 97.4 Å². The Morgan fingerprint density at radius 3 is 2.38 bits per heavy atom. The minimum Gasteiger partial charge on any atom is -0.465 e. The molecule has 0 aliphatic carbocycles. The van der Waals surface area contributed by atoms with E-state index in [1.54, 1.807) is 0 Å². The molecule has 1 aliphatic heterocycles. The van der Waals surface area contributed by atoms with E-state index in [9.17, 15) is 4.79 Å². The molecule has 0 aromatic heterocycles. The summed E-state index contributed by atoms with van der Waals surface area (Å²) in [6, 6.07) is 0. The Kier molecular flexibility index (Phi) is 4.91. The molecule has 1 saturated heterocycles. The van der Waals surface area contributed by atoms with Crippen LogP contribution in [0.5, 0.6) is 0 Å². The third-order valence-electron chi connectivity index (χ3n) is 2.89. The fraction of sp³-hybridized carbons (Fsp3) is 0.700. The zero-order valence-electron chi connectivity index (χ0n) is 9.76. The molecule has 0 amide bonds. The summed E-state index contributed by atoms with van der Waals surface area (Å²) in [5.74, 6) is -0.873. The van der Waals surface area contributed by atoms with Crippen molar-refractivity contribution in [2.45, 2.75) is 12.0 Å². The zero-order chi connectivity index (χ0) is 12.2. The molecule has 1 fully saturated rings. The Bertz CT molecular complexity index is 233. The van der Waals surface area contributed by atoms with Crippen LogP contribution in [0.1, 0.15) is 6.42 Å². The van der Waals surface area contributed by atoms with Crippen LogP contribution in [0, 0.1) is 19.3 Å². The summed E-state index contributed by atoms with van der Waals surface area (Å²) in [7, 11) is 1.71. The largest absolute Gasteiger partial charge is 0.504 e. The van der Waals surface area contributed by atoms with Crippen molar-refractivity contribution in [2.24, 2.45) is 5.92 Å². The van der Waals surface area contributed by atoms with Crippen LogP contribution >= 0.6 is 0 Å². The molecule has 5 nitrogen and oxygen atoms in total. The van der Waals surface area contributed by atoms with Crippen LogP contribution in [0.4, 0.5) is 0 Å². The van der Waals surface area contributed by atoms with Crippen molar-refractivity contribution in [1.82, 2.24) is 0 Å². The molecule has 91 valence electrons. The van der Waals surface area contributed by atoms with Crippen molar-refractivity contribution in [3.8, 4) is 0 Å². The third kappa shape index (κ3) is 2.29. The lowest BCUT2D eigenvalue weighted by atomic mass is 9.98. The van der Waals surface area contributed by atoms with Gasteiger partial charge in [-0.1, -0.05) is 0 Å². The van der Waals surface area contributed by atoms with Gasteiger partial charge in [0.2, 0.25) is 0 Å². The molecule has 6 heteroatoms. The predicted octanol–water partition coefficient (Wildman–Crippen LogP) is 0.713. The van der Waals surface area contributed by atoms with Crippen LogP contribution in [0.2, 0.25) is 5.54 Å². The summed E-state index contributed by atoms with van der Waals surface area (Å²) < 4.78 is 21.0. The molecular formula is C10H17O5Si. The molecule has 3 radical (unpaired) electrons. The lowest BCUT2D eigenvalue weighted by molar-refractivity contribution is -0.152. The van der Waals surface area contributed by atoms with Gasteiger partial charge in [0.05, 0.1) is 12.5 Å². The molecule has 1 heterocycles. The van der Waals surface area contributed by atoms with E-state index in [0.717, 1.165) is 0 Å². The second-order valence-electron chi connectivity index (χ2n) is 3.50. The van der Waals surface area contributed by atoms with Crippen LogP contribution < -0.4 is 0 Å². The van der Waals surface area contributed by atoms with Gasteiger partial charge in [-0.3, -0.25) is 4.79 Å².